The maximum absolute atomic E-state index is 13.6. The number of aliphatic hydroxyl groups is 1. The summed E-state index contributed by atoms with van der Waals surface area (Å²) in [4.78, 5) is 1.80. The molecule has 3 nitrogen and oxygen atoms in total. The number of nitrogens with zero attached hydrogens (tertiary/aromatic N) is 1. The van der Waals surface area contributed by atoms with Crippen molar-refractivity contribution in [3.63, 3.8) is 0 Å². The van der Waals surface area contributed by atoms with Crippen molar-refractivity contribution in [1.82, 2.24) is 4.90 Å². The Balaban J connectivity index is 2.00. The van der Waals surface area contributed by atoms with Crippen molar-refractivity contribution in [3.8, 4) is 5.75 Å². The third-order valence-corrected chi connectivity index (χ3v) is 3.43. The third kappa shape index (κ3) is 4.02. The molecule has 0 amide bonds. The second-order valence-electron chi connectivity index (χ2n) is 5.20. The molecule has 0 bridgehead atoms. The zero-order valence-electron chi connectivity index (χ0n) is 12.6. The van der Waals surface area contributed by atoms with Crippen LogP contribution in [0.15, 0.2) is 42.5 Å². The first-order valence-corrected chi connectivity index (χ1v) is 6.94. The normalized spacial score (nSPS) is 12.5. The molecule has 0 heterocycles. The lowest BCUT2D eigenvalue weighted by atomic mass is 10.1. The summed E-state index contributed by atoms with van der Waals surface area (Å²) >= 11 is 0. The Morgan fingerprint density at radius 2 is 1.68 bits per heavy atom. The van der Waals surface area contributed by atoms with E-state index in [0.717, 1.165) is 23.4 Å². The van der Waals surface area contributed by atoms with Crippen LogP contribution in [0.25, 0.3) is 0 Å². The fraction of sp³-hybridized carbons (Fsp3) is 0.294. The summed E-state index contributed by atoms with van der Waals surface area (Å²) in [7, 11) is 3.38. The molecule has 5 heteroatoms. The predicted molar refractivity (Wildman–Crippen MR) is 80.6 cm³/mol. The first-order valence-electron chi connectivity index (χ1n) is 6.94. The van der Waals surface area contributed by atoms with Gasteiger partial charge in [-0.3, -0.25) is 4.90 Å². The van der Waals surface area contributed by atoms with Gasteiger partial charge in [0.15, 0.2) is 0 Å². The number of benzene rings is 2. The molecule has 0 saturated heterocycles. The van der Waals surface area contributed by atoms with Gasteiger partial charge in [-0.15, -0.1) is 0 Å². The van der Waals surface area contributed by atoms with Crippen LogP contribution in [0.4, 0.5) is 8.78 Å². The highest BCUT2D eigenvalue weighted by Crippen LogP contribution is 2.22. The van der Waals surface area contributed by atoms with Crippen LogP contribution in [-0.2, 0) is 6.54 Å². The Bertz CT molecular complexity index is 596. The Labute approximate surface area is 128 Å². The molecule has 1 N–H and O–H groups in total. The highest BCUT2D eigenvalue weighted by molar-refractivity contribution is 5.27. The number of hydrogen-bond acceptors (Lipinski definition) is 3. The average Bonchev–Trinajstić information content (AvgIpc) is 2.47. The van der Waals surface area contributed by atoms with Crippen molar-refractivity contribution in [3.05, 3.63) is 65.2 Å². The van der Waals surface area contributed by atoms with Crippen LogP contribution in [0.1, 0.15) is 17.2 Å². The van der Waals surface area contributed by atoms with Gasteiger partial charge >= 0.3 is 0 Å². The van der Waals surface area contributed by atoms with E-state index < -0.39 is 17.7 Å². The van der Waals surface area contributed by atoms with Gasteiger partial charge in [0.05, 0.1) is 18.8 Å². The summed E-state index contributed by atoms with van der Waals surface area (Å²) in [5, 5.41) is 10.1. The van der Waals surface area contributed by atoms with Gasteiger partial charge in [-0.05, 0) is 36.9 Å². The van der Waals surface area contributed by atoms with E-state index in [1.165, 1.54) is 6.07 Å². The van der Waals surface area contributed by atoms with E-state index in [0.29, 0.717) is 6.54 Å². The minimum Gasteiger partial charge on any atom is -0.497 e. The van der Waals surface area contributed by atoms with E-state index in [4.69, 9.17) is 4.74 Å². The van der Waals surface area contributed by atoms with Gasteiger partial charge in [-0.1, -0.05) is 18.2 Å². The van der Waals surface area contributed by atoms with Gasteiger partial charge in [0.1, 0.15) is 17.4 Å². The highest BCUT2D eigenvalue weighted by Gasteiger charge is 2.19. The van der Waals surface area contributed by atoms with E-state index in [-0.39, 0.29) is 12.1 Å². The molecular weight excluding hydrogens is 288 g/mol. The van der Waals surface area contributed by atoms with Crippen molar-refractivity contribution in [2.45, 2.75) is 12.6 Å². The SMILES string of the molecule is COc1ccc(CN(C)CC(O)c2c(F)cccc2F)cc1. The number of halogens is 2. The van der Waals surface area contributed by atoms with Crippen LogP contribution in [0.2, 0.25) is 0 Å². The quantitative estimate of drug-likeness (QED) is 0.890. The number of rotatable bonds is 6. The van der Waals surface area contributed by atoms with Gasteiger partial charge in [-0.25, -0.2) is 8.78 Å². The molecule has 0 radical (unpaired) electrons. The molecule has 0 aliphatic rings. The summed E-state index contributed by atoms with van der Waals surface area (Å²) in [5.74, 6) is -0.699. The fourth-order valence-corrected chi connectivity index (χ4v) is 2.32. The molecule has 0 aromatic heterocycles. The van der Waals surface area contributed by atoms with Crippen molar-refractivity contribution in [2.75, 3.05) is 20.7 Å². The van der Waals surface area contributed by atoms with E-state index in [9.17, 15) is 13.9 Å². The first kappa shape index (κ1) is 16.4. The van der Waals surface area contributed by atoms with Crippen molar-refractivity contribution < 1.29 is 18.6 Å². The van der Waals surface area contributed by atoms with Crippen molar-refractivity contribution in [1.29, 1.82) is 0 Å². The summed E-state index contributed by atoms with van der Waals surface area (Å²) in [5.41, 5.74) is 0.730. The average molecular weight is 307 g/mol. The second-order valence-corrected chi connectivity index (χ2v) is 5.20. The summed E-state index contributed by atoms with van der Waals surface area (Å²) in [6.45, 7) is 0.682. The molecule has 22 heavy (non-hydrogen) atoms. The van der Waals surface area contributed by atoms with Gasteiger partial charge in [0, 0.05) is 13.1 Å². The largest absolute Gasteiger partial charge is 0.497 e. The van der Waals surface area contributed by atoms with Crippen LogP contribution in [-0.4, -0.2) is 30.7 Å². The predicted octanol–water partition coefficient (Wildman–Crippen LogP) is 3.14. The summed E-state index contributed by atoms with van der Waals surface area (Å²) in [6.07, 6.45) is -1.22. The third-order valence-electron chi connectivity index (χ3n) is 3.43. The van der Waals surface area contributed by atoms with Gasteiger partial charge in [-0.2, -0.15) is 0 Å². The summed E-state index contributed by atoms with van der Waals surface area (Å²) in [6, 6.07) is 11.1. The molecule has 2 aromatic carbocycles. The maximum Gasteiger partial charge on any atom is 0.131 e. The number of hydrogen-bond donors (Lipinski definition) is 1. The Morgan fingerprint density at radius 3 is 2.23 bits per heavy atom. The van der Waals surface area contributed by atoms with Gasteiger partial charge in [0.2, 0.25) is 0 Å². The fourth-order valence-electron chi connectivity index (χ4n) is 2.32. The molecule has 0 spiro atoms. The lowest BCUT2D eigenvalue weighted by Gasteiger charge is -2.21. The summed E-state index contributed by atoms with van der Waals surface area (Å²) < 4.78 is 32.3. The van der Waals surface area contributed by atoms with Crippen LogP contribution in [0.5, 0.6) is 5.75 Å². The lowest BCUT2D eigenvalue weighted by Crippen LogP contribution is -2.25. The molecule has 1 unspecified atom stereocenters. The molecule has 1 atom stereocenters. The van der Waals surface area contributed by atoms with Crippen molar-refractivity contribution in [2.24, 2.45) is 0 Å². The molecule has 0 aliphatic carbocycles. The molecular formula is C17H19F2NO2. The Kier molecular flexibility index (Phi) is 5.46. The Hall–Kier alpha value is -1.98. The van der Waals surface area contributed by atoms with E-state index >= 15 is 0 Å². The molecule has 0 saturated carbocycles. The second kappa shape index (κ2) is 7.33. The van der Waals surface area contributed by atoms with Crippen LogP contribution < -0.4 is 4.74 Å². The molecule has 0 aliphatic heterocycles. The number of likely N-dealkylation sites (N-methyl/N-ethyl adjacent to an activating group) is 1. The minimum atomic E-state index is -1.22. The smallest absolute Gasteiger partial charge is 0.131 e. The van der Waals surface area contributed by atoms with Crippen LogP contribution in [0, 0.1) is 11.6 Å². The molecule has 2 aromatic rings. The van der Waals surface area contributed by atoms with E-state index in [1.807, 2.05) is 24.3 Å². The van der Waals surface area contributed by atoms with Crippen LogP contribution >= 0.6 is 0 Å². The zero-order valence-corrected chi connectivity index (χ0v) is 12.6. The standard InChI is InChI=1S/C17H19F2NO2/c1-20(10-12-6-8-13(22-2)9-7-12)11-16(21)17-14(18)4-3-5-15(17)19/h3-9,16,21H,10-11H2,1-2H3. The van der Waals surface area contributed by atoms with Crippen molar-refractivity contribution >= 4 is 0 Å². The van der Waals surface area contributed by atoms with Crippen LogP contribution in [0.3, 0.4) is 0 Å². The minimum absolute atomic E-state index is 0.129. The van der Waals surface area contributed by atoms with E-state index in [1.54, 1.807) is 19.1 Å². The Morgan fingerprint density at radius 1 is 1.09 bits per heavy atom. The number of methoxy groups -OCH3 is 1. The maximum atomic E-state index is 13.6. The lowest BCUT2D eigenvalue weighted by molar-refractivity contribution is 0.117. The number of aliphatic hydroxyl groups excluding tert-OH is 1. The van der Waals surface area contributed by atoms with E-state index in [2.05, 4.69) is 0 Å². The molecule has 118 valence electrons. The molecule has 0 fully saturated rings. The van der Waals surface area contributed by atoms with Gasteiger partial charge < -0.3 is 9.84 Å². The molecule has 2 rings (SSSR count). The highest BCUT2D eigenvalue weighted by atomic mass is 19.1. The zero-order chi connectivity index (χ0) is 16.1. The number of ether oxygens (including phenoxy) is 1. The topological polar surface area (TPSA) is 32.7 Å². The first-order chi connectivity index (χ1) is 10.5. The monoisotopic (exact) mass is 307 g/mol. The van der Waals surface area contributed by atoms with Gasteiger partial charge in [0.25, 0.3) is 0 Å².